The molecule has 0 atom stereocenters. The van der Waals surface area contributed by atoms with E-state index in [1.807, 2.05) is 37.3 Å². The highest BCUT2D eigenvalue weighted by Crippen LogP contribution is 2.28. The Morgan fingerprint density at radius 3 is 2.69 bits per heavy atom. The van der Waals surface area contributed by atoms with E-state index in [0.29, 0.717) is 18.7 Å². The predicted octanol–water partition coefficient (Wildman–Crippen LogP) is 5.35. The second kappa shape index (κ2) is 10.8. The summed E-state index contributed by atoms with van der Waals surface area (Å²) in [6.07, 6.45) is 14.8. The molecule has 0 saturated heterocycles. The highest BCUT2D eigenvalue weighted by Gasteiger charge is 2.29. The first kappa shape index (κ1) is 24.1. The molecule has 0 unspecified atom stereocenters. The van der Waals surface area contributed by atoms with Crippen molar-refractivity contribution in [1.82, 2.24) is 5.32 Å². The van der Waals surface area contributed by atoms with E-state index in [1.165, 1.54) is 37.7 Å². The van der Waals surface area contributed by atoms with Crippen LogP contribution in [0.5, 0.6) is 5.75 Å². The lowest BCUT2D eigenvalue weighted by Gasteiger charge is -2.40. The first-order valence-electron chi connectivity index (χ1n) is 11.8. The number of likely N-dealkylation sites (N-methyl/N-ethyl adjacent to an activating group) is 1. The molecule has 3 rings (SSSR count). The summed E-state index contributed by atoms with van der Waals surface area (Å²) in [6, 6.07) is 6.77. The van der Waals surface area contributed by atoms with Gasteiger partial charge in [0.1, 0.15) is 18.9 Å². The van der Waals surface area contributed by atoms with Gasteiger partial charge in [-0.25, -0.2) is 0 Å². The molecule has 0 radical (unpaired) electrons. The Labute approximate surface area is 193 Å². The lowest BCUT2D eigenvalue weighted by molar-refractivity contribution is -0.912. The molecule has 1 N–H and O–H groups in total. The molecular weight excluding hydrogens is 396 g/mol. The number of carbonyl (C=O) groups excluding carboxylic acids is 1. The number of nitrogens with one attached hydrogen (secondary N) is 1. The minimum absolute atomic E-state index is 0.0966. The van der Waals surface area contributed by atoms with Crippen LogP contribution in [0.2, 0.25) is 0 Å². The molecule has 1 aromatic rings. The predicted molar refractivity (Wildman–Crippen MR) is 134 cm³/mol. The third kappa shape index (κ3) is 6.46. The molecule has 0 spiro atoms. The van der Waals surface area contributed by atoms with Gasteiger partial charge in [-0.2, -0.15) is 0 Å². The van der Waals surface area contributed by atoms with Crippen molar-refractivity contribution in [3.63, 3.8) is 0 Å². The average molecular weight is 436 g/mol. The summed E-state index contributed by atoms with van der Waals surface area (Å²) in [5, 5.41) is 3.01. The second-order valence-corrected chi connectivity index (χ2v) is 9.87. The van der Waals surface area contributed by atoms with Gasteiger partial charge in [-0.3, -0.25) is 4.79 Å². The Morgan fingerprint density at radius 2 is 1.97 bits per heavy atom. The third-order valence-electron chi connectivity index (χ3n) is 6.69. The van der Waals surface area contributed by atoms with Gasteiger partial charge < -0.3 is 14.5 Å². The van der Waals surface area contributed by atoms with Crippen LogP contribution in [0, 0.1) is 6.92 Å². The minimum Gasteiger partial charge on any atom is -0.488 e. The number of quaternary nitrogens is 1. The lowest BCUT2D eigenvalue weighted by Crippen LogP contribution is -2.50. The quantitative estimate of drug-likeness (QED) is 0.441. The highest BCUT2D eigenvalue weighted by atomic mass is 16.5. The van der Waals surface area contributed by atoms with Gasteiger partial charge in [0.05, 0.1) is 25.7 Å². The summed E-state index contributed by atoms with van der Waals surface area (Å²) in [5.41, 5.74) is 5.09. The Morgan fingerprint density at radius 1 is 1.22 bits per heavy atom. The van der Waals surface area contributed by atoms with Crippen LogP contribution in [-0.2, 0) is 4.79 Å². The molecule has 32 heavy (non-hydrogen) atoms. The summed E-state index contributed by atoms with van der Waals surface area (Å²) in [6.45, 7) is 9.94. The topological polar surface area (TPSA) is 38.3 Å². The summed E-state index contributed by atoms with van der Waals surface area (Å²) in [4.78, 5) is 12.7. The largest absolute Gasteiger partial charge is 0.488 e. The third-order valence-corrected chi connectivity index (χ3v) is 6.69. The first-order chi connectivity index (χ1) is 15.3. The molecule has 0 bridgehead atoms. The fourth-order valence-corrected chi connectivity index (χ4v) is 4.78. The number of fused-ring (bicyclic) bond motifs is 1. The first-order valence-corrected chi connectivity index (χ1v) is 11.8. The van der Waals surface area contributed by atoms with Crippen LogP contribution in [0.3, 0.4) is 0 Å². The van der Waals surface area contributed by atoms with E-state index in [9.17, 15) is 4.79 Å². The van der Waals surface area contributed by atoms with Crippen molar-refractivity contribution in [3.05, 3.63) is 70.9 Å². The zero-order chi connectivity index (χ0) is 23.1. The number of rotatable bonds is 8. The number of amides is 1. The second-order valence-electron chi connectivity index (χ2n) is 9.87. The molecule has 4 nitrogen and oxygen atoms in total. The molecule has 1 fully saturated rings. The highest BCUT2D eigenvalue weighted by molar-refractivity contribution is 5.99. The molecular formula is C28H39N2O2+. The van der Waals surface area contributed by atoms with Crippen molar-refractivity contribution in [2.24, 2.45) is 0 Å². The zero-order valence-corrected chi connectivity index (χ0v) is 20.2. The molecule has 1 heterocycles. The monoisotopic (exact) mass is 435 g/mol. The summed E-state index contributed by atoms with van der Waals surface area (Å²) in [7, 11) is 4.70. The van der Waals surface area contributed by atoms with Crippen molar-refractivity contribution in [1.29, 1.82) is 0 Å². The number of hydrogen-bond donors (Lipinski definition) is 1. The molecule has 4 heteroatoms. The van der Waals surface area contributed by atoms with E-state index in [0.717, 1.165) is 39.5 Å². The Hall–Kier alpha value is -2.59. The van der Waals surface area contributed by atoms with Crippen molar-refractivity contribution in [2.75, 3.05) is 33.8 Å². The summed E-state index contributed by atoms with van der Waals surface area (Å²) < 4.78 is 6.79. The number of carbonyl (C=O) groups is 1. The number of ether oxygens (including phenoxy) is 1. The summed E-state index contributed by atoms with van der Waals surface area (Å²) in [5.74, 6) is 0.731. The lowest BCUT2D eigenvalue weighted by atomic mass is 9.92. The van der Waals surface area contributed by atoms with Crippen LogP contribution < -0.4 is 10.1 Å². The fourth-order valence-electron chi connectivity index (χ4n) is 4.78. The van der Waals surface area contributed by atoms with Crippen molar-refractivity contribution in [2.45, 2.75) is 52.0 Å². The summed E-state index contributed by atoms with van der Waals surface area (Å²) >= 11 is 0. The Bertz CT molecular complexity index is 931. The van der Waals surface area contributed by atoms with E-state index < -0.39 is 0 Å². The van der Waals surface area contributed by atoms with E-state index in [1.54, 1.807) is 0 Å². The normalized spacial score (nSPS) is 17.8. The maximum atomic E-state index is 12.7. The standard InChI is InChI=1S/C28H38N2O2/c1-6-23(14-12-22(3)19-30(4,5)26-10-8-7-9-11-26)18-29-28(31)25-17-24-16-21(2)13-15-27(24)32-20-25/h6,12-17,26H,1,7-11,18-20H2,2-5H3/p+1/b22-12+,23-14+. The Kier molecular flexibility index (Phi) is 8.14. The molecule has 1 aromatic carbocycles. The molecule has 1 aliphatic carbocycles. The molecule has 1 aliphatic heterocycles. The molecule has 0 aromatic heterocycles. The van der Waals surface area contributed by atoms with Crippen LogP contribution in [0.4, 0.5) is 0 Å². The van der Waals surface area contributed by atoms with E-state index >= 15 is 0 Å². The van der Waals surface area contributed by atoms with Gasteiger partial charge in [0, 0.05) is 12.1 Å². The van der Waals surface area contributed by atoms with Crippen LogP contribution in [0.25, 0.3) is 6.08 Å². The maximum Gasteiger partial charge on any atom is 0.250 e. The van der Waals surface area contributed by atoms with Crippen molar-refractivity contribution >= 4 is 12.0 Å². The zero-order valence-electron chi connectivity index (χ0n) is 20.2. The van der Waals surface area contributed by atoms with Gasteiger partial charge in [-0.05, 0) is 68.9 Å². The van der Waals surface area contributed by atoms with Crippen molar-refractivity contribution < 1.29 is 14.0 Å². The smallest absolute Gasteiger partial charge is 0.250 e. The molecule has 2 aliphatic rings. The van der Waals surface area contributed by atoms with Gasteiger partial charge in [-0.15, -0.1) is 0 Å². The number of allylic oxidation sites excluding steroid dienone is 2. The average Bonchev–Trinajstić information content (AvgIpc) is 2.78. The van der Waals surface area contributed by atoms with Gasteiger partial charge in [0.25, 0.3) is 5.91 Å². The Balaban J connectivity index is 1.57. The number of benzene rings is 1. The maximum absolute atomic E-state index is 12.7. The van der Waals surface area contributed by atoms with Gasteiger partial charge in [0.15, 0.2) is 0 Å². The van der Waals surface area contributed by atoms with Gasteiger partial charge in [0.2, 0.25) is 0 Å². The van der Waals surface area contributed by atoms with Crippen molar-refractivity contribution in [3.8, 4) is 5.75 Å². The van der Waals surface area contributed by atoms with E-state index in [-0.39, 0.29) is 5.91 Å². The molecule has 1 amide bonds. The van der Waals surface area contributed by atoms with Crippen LogP contribution in [0.1, 0.15) is 50.2 Å². The number of hydrogen-bond acceptors (Lipinski definition) is 2. The number of aryl methyl sites for hydroxylation is 1. The fraction of sp³-hybridized carbons (Fsp3) is 0.464. The SMILES string of the molecule is C=C/C(=C\C=C(/C)C[N+](C)(C)C1CCCCC1)CNC(=O)C1=Cc2cc(C)ccc2OC1. The van der Waals surface area contributed by atoms with Gasteiger partial charge >= 0.3 is 0 Å². The number of nitrogens with zero attached hydrogens (tertiary/aromatic N) is 1. The van der Waals surface area contributed by atoms with E-state index in [2.05, 4.69) is 45.1 Å². The van der Waals surface area contributed by atoms with Crippen LogP contribution >= 0.6 is 0 Å². The van der Waals surface area contributed by atoms with E-state index in [4.69, 9.17) is 4.74 Å². The molecule has 1 saturated carbocycles. The van der Waals surface area contributed by atoms with Crippen LogP contribution in [-0.4, -0.2) is 50.2 Å². The molecule has 172 valence electrons. The minimum atomic E-state index is -0.0966. The van der Waals surface area contributed by atoms with Gasteiger partial charge in [-0.1, -0.05) is 42.9 Å². The van der Waals surface area contributed by atoms with Crippen LogP contribution in [0.15, 0.2) is 59.7 Å².